The predicted octanol–water partition coefficient (Wildman–Crippen LogP) is 3.81. The zero-order valence-electron chi connectivity index (χ0n) is 11.8. The summed E-state index contributed by atoms with van der Waals surface area (Å²) in [5, 5.41) is -0.0897. The molecule has 1 fully saturated rings. The van der Waals surface area contributed by atoms with E-state index in [1.807, 2.05) is 0 Å². The molecule has 1 aliphatic carbocycles. The summed E-state index contributed by atoms with van der Waals surface area (Å²) in [5.74, 6) is -1.75. The van der Waals surface area contributed by atoms with E-state index in [4.69, 9.17) is 27.9 Å². The van der Waals surface area contributed by atoms with Gasteiger partial charge in [0.05, 0.1) is 22.2 Å². The molecule has 118 valence electrons. The van der Waals surface area contributed by atoms with Crippen LogP contribution < -0.4 is 0 Å². The molecule has 0 saturated heterocycles. The van der Waals surface area contributed by atoms with Gasteiger partial charge in [-0.3, -0.25) is 4.79 Å². The lowest BCUT2D eigenvalue weighted by atomic mass is 10.2. The van der Waals surface area contributed by atoms with E-state index in [0.29, 0.717) is 0 Å². The van der Waals surface area contributed by atoms with Crippen molar-refractivity contribution in [1.82, 2.24) is 4.90 Å². The minimum absolute atomic E-state index is 0.00368. The zero-order chi connectivity index (χ0) is 16.3. The van der Waals surface area contributed by atoms with Crippen LogP contribution in [0.15, 0.2) is 24.4 Å². The van der Waals surface area contributed by atoms with E-state index in [-0.39, 0.29) is 28.3 Å². The Hall–Kier alpha value is -1.59. The fourth-order valence-corrected chi connectivity index (χ4v) is 2.33. The molecule has 0 radical (unpaired) electrons. The molecule has 0 unspecified atom stereocenters. The summed E-state index contributed by atoms with van der Waals surface area (Å²) in [5.41, 5.74) is 0.00368. The third-order valence-electron chi connectivity index (χ3n) is 3.07. The molecule has 0 N–H and O–H groups in total. The van der Waals surface area contributed by atoms with Gasteiger partial charge in [0.15, 0.2) is 0 Å². The smallest absolute Gasteiger partial charge is 0.332 e. The topological polar surface area (TPSA) is 46.6 Å². The Kier molecular flexibility index (Phi) is 5.42. The fraction of sp³-hybridized carbons (Fsp3) is 0.333. The number of amides is 1. The van der Waals surface area contributed by atoms with E-state index < -0.39 is 17.7 Å². The second kappa shape index (κ2) is 7.11. The van der Waals surface area contributed by atoms with Crippen LogP contribution in [0.1, 0.15) is 30.1 Å². The molecular formula is C15H14Cl2FNO3. The van der Waals surface area contributed by atoms with Gasteiger partial charge in [-0.1, -0.05) is 23.2 Å². The quantitative estimate of drug-likeness (QED) is 0.463. The van der Waals surface area contributed by atoms with Crippen molar-refractivity contribution in [2.24, 2.45) is 0 Å². The van der Waals surface area contributed by atoms with E-state index in [9.17, 15) is 14.0 Å². The maximum absolute atomic E-state index is 13.6. The number of halogens is 3. The van der Waals surface area contributed by atoms with Gasteiger partial charge in [-0.05, 0) is 31.9 Å². The summed E-state index contributed by atoms with van der Waals surface area (Å²) >= 11 is 11.6. The van der Waals surface area contributed by atoms with Crippen molar-refractivity contribution >= 4 is 35.1 Å². The van der Waals surface area contributed by atoms with E-state index in [0.717, 1.165) is 18.9 Å². The maximum atomic E-state index is 13.6. The van der Waals surface area contributed by atoms with Gasteiger partial charge in [0.2, 0.25) is 0 Å². The Morgan fingerprint density at radius 2 is 2.05 bits per heavy atom. The first-order valence-corrected chi connectivity index (χ1v) is 7.51. The van der Waals surface area contributed by atoms with Crippen molar-refractivity contribution in [3.63, 3.8) is 0 Å². The zero-order valence-corrected chi connectivity index (χ0v) is 13.3. The van der Waals surface area contributed by atoms with Crippen molar-refractivity contribution in [2.75, 3.05) is 6.61 Å². The Morgan fingerprint density at radius 3 is 2.64 bits per heavy atom. The highest BCUT2D eigenvalue weighted by atomic mass is 35.5. The van der Waals surface area contributed by atoms with Gasteiger partial charge in [0, 0.05) is 18.3 Å². The van der Waals surface area contributed by atoms with Gasteiger partial charge in [-0.2, -0.15) is 0 Å². The number of benzene rings is 1. The minimum atomic E-state index is -0.723. The SMILES string of the molecule is CCOC(=O)C=CN(C(=O)c1cc(F)c(Cl)cc1Cl)C1CC1. The number of carbonyl (C=O) groups excluding carboxylic acids is 2. The van der Waals surface area contributed by atoms with Crippen molar-refractivity contribution in [1.29, 1.82) is 0 Å². The normalized spacial score (nSPS) is 14.2. The second-order valence-electron chi connectivity index (χ2n) is 4.76. The van der Waals surface area contributed by atoms with Crippen LogP contribution in [-0.4, -0.2) is 29.4 Å². The van der Waals surface area contributed by atoms with Crippen molar-refractivity contribution in [2.45, 2.75) is 25.8 Å². The van der Waals surface area contributed by atoms with Crippen LogP contribution in [0.25, 0.3) is 0 Å². The lowest BCUT2D eigenvalue weighted by Crippen LogP contribution is -2.28. The first-order chi connectivity index (χ1) is 10.4. The number of carbonyl (C=O) groups is 2. The molecule has 0 aromatic heterocycles. The Labute approximate surface area is 137 Å². The summed E-state index contributed by atoms with van der Waals surface area (Å²) in [6, 6.07) is 2.17. The molecular weight excluding hydrogens is 332 g/mol. The highest BCUT2D eigenvalue weighted by Gasteiger charge is 2.33. The summed E-state index contributed by atoms with van der Waals surface area (Å²) in [6.07, 6.45) is 4.14. The lowest BCUT2D eigenvalue weighted by molar-refractivity contribution is -0.137. The van der Waals surface area contributed by atoms with Gasteiger partial charge in [-0.25, -0.2) is 9.18 Å². The van der Waals surface area contributed by atoms with Crippen LogP contribution in [0, 0.1) is 5.82 Å². The highest BCUT2D eigenvalue weighted by molar-refractivity contribution is 6.36. The van der Waals surface area contributed by atoms with Gasteiger partial charge in [0.1, 0.15) is 5.82 Å². The molecule has 0 heterocycles. The lowest BCUT2D eigenvalue weighted by Gasteiger charge is -2.18. The Bertz CT molecular complexity index is 629. The van der Waals surface area contributed by atoms with Crippen LogP contribution >= 0.6 is 23.2 Å². The molecule has 2 rings (SSSR count). The van der Waals surface area contributed by atoms with E-state index >= 15 is 0 Å². The maximum Gasteiger partial charge on any atom is 0.332 e. The van der Waals surface area contributed by atoms with Crippen molar-refractivity contribution in [3.05, 3.63) is 45.8 Å². The summed E-state index contributed by atoms with van der Waals surface area (Å²) in [7, 11) is 0. The van der Waals surface area contributed by atoms with Gasteiger partial charge < -0.3 is 9.64 Å². The monoisotopic (exact) mass is 345 g/mol. The van der Waals surface area contributed by atoms with Crippen molar-refractivity contribution < 1.29 is 18.7 Å². The number of hydrogen-bond donors (Lipinski definition) is 0. The van der Waals surface area contributed by atoms with Gasteiger partial charge in [-0.15, -0.1) is 0 Å². The summed E-state index contributed by atoms with van der Waals surface area (Å²) < 4.78 is 18.3. The molecule has 22 heavy (non-hydrogen) atoms. The van der Waals surface area contributed by atoms with Crippen molar-refractivity contribution in [3.8, 4) is 0 Å². The van der Waals surface area contributed by atoms with E-state index in [1.165, 1.54) is 23.2 Å². The van der Waals surface area contributed by atoms with Crippen LogP contribution in [0.5, 0.6) is 0 Å². The Balaban J connectivity index is 2.24. The van der Waals surface area contributed by atoms with E-state index in [1.54, 1.807) is 6.92 Å². The Morgan fingerprint density at radius 1 is 1.36 bits per heavy atom. The molecule has 0 bridgehead atoms. The molecule has 0 aliphatic heterocycles. The third-order valence-corrected chi connectivity index (χ3v) is 3.68. The van der Waals surface area contributed by atoms with Crippen LogP contribution in [0.4, 0.5) is 4.39 Å². The molecule has 1 amide bonds. The molecule has 7 heteroatoms. The largest absolute Gasteiger partial charge is 0.463 e. The summed E-state index contributed by atoms with van der Waals surface area (Å²) in [4.78, 5) is 25.2. The predicted molar refractivity (Wildman–Crippen MR) is 81.4 cm³/mol. The molecule has 0 spiro atoms. The molecule has 1 aromatic carbocycles. The number of esters is 1. The average molecular weight is 346 g/mol. The second-order valence-corrected chi connectivity index (χ2v) is 5.57. The van der Waals surface area contributed by atoms with Gasteiger partial charge in [0.25, 0.3) is 5.91 Å². The first-order valence-electron chi connectivity index (χ1n) is 6.76. The molecule has 1 saturated carbocycles. The van der Waals surface area contributed by atoms with E-state index in [2.05, 4.69) is 0 Å². The van der Waals surface area contributed by atoms with Crippen LogP contribution in [0.2, 0.25) is 10.0 Å². The fourth-order valence-electron chi connectivity index (χ4n) is 1.87. The van der Waals surface area contributed by atoms with Gasteiger partial charge >= 0.3 is 5.97 Å². The molecule has 4 nitrogen and oxygen atoms in total. The van der Waals surface area contributed by atoms with Crippen LogP contribution in [-0.2, 0) is 9.53 Å². The first kappa shape index (κ1) is 16.8. The minimum Gasteiger partial charge on any atom is -0.463 e. The number of rotatable bonds is 5. The molecule has 0 atom stereocenters. The van der Waals surface area contributed by atoms with Crippen LogP contribution in [0.3, 0.4) is 0 Å². The molecule has 1 aromatic rings. The standard InChI is InChI=1S/C15H14Cl2FNO3/c1-2-22-14(20)5-6-19(9-3-4-9)15(21)10-7-13(18)12(17)8-11(10)16/h5-9H,2-4H2,1H3. The molecule has 1 aliphatic rings. The number of hydrogen-bond acceptors (Lipinski definition) is 3. The number of ether oxygens (including phenoxy) is 1. The average Bonchev–Trinajstić information content (AvgIpc) is 3.28. The summed E-state index contributed by atoms with van der Waals surface area (Å²) in [6.45, 7) is 1.93. The third kappa shape index (κ3) is 3.99. The number of nitrogens with zero attached hydrogens (tertiary/aromatic N) is 1. The highest BCUT2D eigenvalue weighted by Crippen LogP contribution is 2.31.